The van der Waals surface area contributed by atoms with Crippen LogP contribution in [0.5, 0.6) is 5.75 Å². The number of carbonyl (C=O) groups is 1. The molecular weight excluding hydrogens is 376 g/mol. The van der Waals surface area contributed by atoms with Gasteiger partial charge in [0.15, 0.2) is 0 Å². The Kier molecular flexibility index (Phi) is 7.16. The number of nitrogens with one attached hydrogen (secondary N) is 1. The van der Waals surface area contributed by atoms with Crippen molar-refractivity contribution < 1.29 is 9.53 Å². The highest BCUT2D eigenvalue weighted by Gasteiger charge is 2.01. The van der Waals surface area contributed by atoms with Crippen LogP contribution in [0.15, 0.2) is 58.1 Å². The van der Waals surface area contributed by atoms with Gasteiger partial charge in [0.2, 0.25) is 5.91 Å². The zero-order chi connectivity index (χ0) is 16.5. The molecule has 0 saturated carbocycles. The maximum Gasteiger partial charge on any atom is 0.250 e. The maximum absolute atomic E-state index is 11.7. The van der Waals surface area contributed by atoms with Crippen molar-refractivity contribution in [1.82, 2.24) is 5.43 Å². The highest BCUT2D eigenvalue weighted by Crippen LogP contribution is 2.16. The minimum atomic E-state index is -0.121. The third-order valence-corrected chi connectivity index (χ3v) is 4.38. The second-order valence-electron chi connectivity index (χ2n) is 4.69. The van der Waals surface area contributed by atoms with Gasteiger partial charge in [-0.05, 0) is 35.4 Å². The summed E-state index contributed by atoms with van der Waals surface area (Å²) in [5, 5.41) is 3.96. The predicted molar refractivity (Wildman–Crippen MR) is 99.0 cm³/mol. The van der Waals surface area contributed by atoms with Crippen molar-refractivity contribution in [2.24, 2.45) is 5.10 Å². The van der Waals surface area contributed by atoms with Crippen molar-refractivity contribution in [3.63, 3.8) is 0 Å². The average Bonchev–Trinajstić information content (AvgIpc) is 2.55. The lowest BCUT2D eigenvalue weighted by molar-refractivity contribution is -0.118. The van der Waals surface area contributed by atoms with Crippen LogP contribution in [0.4, 0.5) is 0 Å². The summed E-state index contributed by atoms with van der Waals surface area (Å²) in [6.45, 7) is 0. The van der Waals surface area contributed by atoms with Crippen LogP contribution in [-0.4, -0.2) is 25.0 Å². The number of carbonyl (C=O) groups excluding carboxylic acids is 1. The number of ether oxygens (including phenoxy) is 1. The van der Waals surface area contributed by atoms with Gasteiger partial charge >= 0.3 is 0 Å². The fourth-order valence-electron chi connectivity index (χ4n) is 1.82. The Balaban J connectivity index is 1.73. The van der Waals surface area contributed by atoms with Crippen molar-refractivity contribution in [2.45, 2.75) is 5.75 Å². The number of thioether (sulfide) groups is 1. The van der Waals surface area contributed by atoms with E-state index < -0.39 is 0 Å². The molecule has 0 aromatic heterocycles. The van der Waals surface area contributed by atoms with Crippen LogP contribution in [0.25, 0.3) is 0 Å². The number of rotatable bonds is 7. The lowest BCUT2D eigenvalue weighted by Crippen LogP contribution is -2.19. The molecule has 2 rings (SSSR count). The number of nitrogens with zero attached hydrogens (tertiary/aromatic N) is 1. The van der Waals surface area contributed by atoms with E-state index in [9.17, 15) is 4.79 Å². The third-order valence-electron chi connectivity index (χ3n) is 2.89. The highest BCUT2D eigenvalue weighted by molar-refractivity contribution is 9.10. The first-order valence-electron chi connectivity index (χ1n) is 6.95. The third kappa shape index (κ3) is 6.46. The first-order chi connectivity index (χ1) is 11.2. The number of hydrogen-bond acceptors (Lipinski definition) is 4. The van der Waals surface area contributed by atoms with Crippen molar-refractivity contribution in [1.29, 1.82) is 0 Å². The van der Waals surface area contributed by atoms with Crippen LogP contribution in [0.1, 0.15) is 11.1 Å². The Morgan fingerprint density at radius 3 is 2.91 bits per heavy atom. The zero-order valence-corrected chi connectivity index (χ0v) is 15.1. The van der Waals surface area contributed by atoms with Crippen molar-refractivity contribution in [3.05, 3.63) is 64.1 Å². The Hall–Kier alpha value is -1.79. The van der Waals surface area contributed by atoms with E-state index >= 15 is 0 Å². The molecule has 0 bridgehead atoms. The first-order valence-corrected chi connectivity index (χ1v) is 8.90. The summed E-state index contributed by atoms with van der Waals surface area (Å²) < 4.78 is 6.17. The van der Waals surface area contributed by atoms with Gasteiger partial charge in [-0.25, -0.2) is 5.43 Å². The number of methoxy groups -OCH3 is 1. The summed E-state index contributed by atoms with van der Waals surface area (Å²) in [5.41, 5.74) is 4.57. The second kappa shape index (κ2) is 9.37. The van der Waals surface area contributed by atoms with Gasteiger partial charge in [0.05, 0.1) is 19.1 Å². The number of amides is 1. The van der Waals surface area contributed by atoms with Crippen LogP contribution in [-0.2, 0) is 10.5 Å². The molecule has 2 aromatic rings. The van der Waals surface area contributed by atoms with Crippen LogP contribution < -0.4 is 10.2 Å². The Morgan fingerprint density at radius 2 is 2.13 bits per heavy atom. The maximum atomic E-state index is 11.7. The topological polar surface area (TPSA) is 50.7 Å². The van der Waals surface area contributed by atoms with Crippen LogP contribution in [0.3, 0.4) is 0 Å². The SMILES string of the molecule is COc1cccc(/C=N\NC(=O)CSCc2cccc(Br)c2)c1. The zero-order valence-electron chi connectivity index (χ0n) is 12.7. The molecule has 1 N–H and O–H groups in total. The lowest BCUT2D eigenvalue weighted by atomic mass is 10.2. The molecule has 0 atom stereocenters. The van der Waals surface area contributed by atoms with E-state index in [0.29, 0.717) is 5.75 Å². The molecule has 0 aliphatic rings. The highest BCUT2D eigenvalue weighted by atomic mass is 79.9. The van der Waals surface area contributed by atoms with E-state index in [1.165, 1.54) is 5.56 Å². The van der Waals surface area contributed by atoms with E-state index in [0.717, 1.165) is 21.5 Å². The van der Waals surface area contributed by atoms with E-state index in [1.54, 1.807) is 25.1 Å². The lowest BCUT2D eigenvalue weighted by Gasteiger charge is -2.02. The molecule has 4 nitrogen and oxygen atoms in total. The summed E-state index contributed by atoms with van der Waals surface area (Å²) in [6, 6.07) is 15.5. The summed E-state index contributed by atoms with van der Waals surface area (Å²) in [4.78, 5) is 11.7. The Bertz CT molecular complexity index is 692. The summed E-state index contributed by atoms with van der Waals surface area (Å²) in [5.74, 6) is 1.78. The molecule has 0 heterocycles. The number of hydrogen-bond donors (Lipinski definition) is 1. The van der Waals surface area contributed by atoms with Gasteiger partial charge in [-0.1, -0.05) is 40.2 Å². The molecule has 23 heavy (non-hydrogen) atoms. The molecule has 0 spiro atoms. The molecule has 0 radical (unpaired) electrons. The Labute approximate surface area is 148 Å². The monoisotopic (exact) mass is 392 g/mol. The van der Waals surface area contributed by atoms with Gasteiger partial charge in [-0.15, -0.1) is 11.8 Å². The largest absolute Gasteiger partial charge is 0.497 e. The molecule has 0 saturated heterocycles. The predicted octanol–water partition coefficient (Wildman–Crippen LogP) is 3.84. The smallest absolute Gasteiger partial charge is 0.250 e. The molecule has 120 valence electrons. The van der Waals surface area contributed by atoms with Gasteiger partial charge < -0.3 is 4.74 Å². The van der Waals surface area contributed by atoms with E-state index in [-0.39, 0.29) is 5.91 Å². The molecule has 0 unspecified atom stereocenters. The minimum absolute atomic E-state index is 0.121. The van der Waals surface area contributed by atoms with Gasteiger partial charge in [0.25, 0.3) is 0 Å². The van der Waals surface area contributed by atoms with Crippen LogP contribution >= 0.6 is 27.7 Å². The van der Waals surface area contributed by atoms with E-state index in [1.807, 2.05) is 48.5 Å². The molecule has 6 heteroatoms. The molecule has 0 aliphatic carbocycles. The first kappa shape index (κ1) is 17.6. The molecule has 0 aliphatic heterocycles. The normalized spacial score (nSPS) is 10.7. The quantitative estimate of drug-likeness (QED) is 0.575. The van der Waals surface area contributed by atoms with E-state index in [2.05, 4.69) is 26.5 Å². The summed E-state index contributed by atoms with van der Waals surface area (Å²) in [7, 11) is 1.61. The molecule has 0 fully saturated rings. The summed E-state index contributed by atoms with van der Waals surface area (Å²) >= 11 is 4.98. The minimum Gasteiger partial charge on any atom is -0.497 e. The van der Waals surface area contributed by atoms with Crippen molar-refractivity contribution >= 4 is 39.8 Å². The number of hydrazone groups is 1. The van der Waals surface area contributed by atoms with Crippen molar-refractivity contribution in [3.8, 4) is 5.75 Å². The number of halogens is 1. The standard InChI is InChI=1S/C17H17BrN2O2S/c1-22-16-7-3-4-13(9-16)10-19-20-17(21)12-23-11-14-5-2-6-15(18)8-14/h2-10H,11-12H2,1H3,(H,20,21)/b19-10-. The Morgan fingerprint density at radius 1 is 1.30 bits per heavy atom. The second-order valence-corrected chi connectivity index (χ2v) is 6.59. The summed E-state index contributed by atoms with van der Waals surface area (Å²) in [6.07, 6.45) is 1.60. The van der Waals surface area contributed by atoms with Crippen LogP contribution in [0, 0.1) is 0 Å². The van der Waals surface area contributed by atoms with Gasteiger partial charge in [0.1, 0.15) is 5.75 Å². The fraction of sp³-hybridized carbons (Fsp3) is 0.176. The van der Waals surface area contributed by atoms with Gasteiger partial charge in [0, 0.05) is 10.2 Å². The number of benzene rings is 2. The molecule has 1 amide bonds. The fourth-order valence-corrected chi connectivity index (χ4v) is 3.04. The molecule has 2 aromatic carbocycles. The van der Waals surface area contributed by atoms with Gasteiger partial charge in [-0.2, -0.15) is 5.10 Å². The molecular formula is C17H17BrN2O2S. The van der Waals surface area contributed by atoms with Gasteiger partial charge in [-0.3, -0.25) is 4.79 Å². The average molecular weight is 393 g/mol. The van der Waals surface area contributed by atoms with Crippen molar-refractivity contribution in [2.75, 3.05) is 12.9 Å². The van der Waals surface area contributed by atoms with Crippen LogP contribution in [0.2, 0.25) is 0 Å². The van der Waals surface area contributed by atoms with E-state index in [4.69, 9.17) is 4.74 Å².